The average Bonchev–Trinajstić information content (AvgIpc) is 2.69. The molecule has 0 bridgehead atoms. The molecule has 2 aromatic carbocycles. The number of piperazine rings is 1. The van der Waals surface area contributed by atoms with Crippen LogP contribution in [0.25, 0.3) is 0 Å². The number of nitrogens with one attached hydrogen (secondary N) is 1. The number of anilines is 1. The summed E-state index contributed by atoms with van der Waals surface area (Å²) in [6.07, 6.45) is 0. The van der Waals surface area contributed by atoms with Crippen LogP contribution in [0, 0.1) is 6.92 Å². The molecular formula is C21H28Cl2N4O2. The zero-order valence-corrected chi connectivity index (χ0v) is 18.0. The van der Waals surface area contributed by atoms with Crippen molar-refractivity contribution in [2.45, 2.75) is 13.0 Å². The van der Waals surface area contributed by atoms with Crippen molar-refractivity contribution in [3.8, 4) is 0 Å². The van der Waals surface area contributed by atoms with Gasteiger partial charge in [-0.3, -0.25) is 14.5 Å². The van der Waals surface area contributed by atoms with E-state index in [1.165, 1.54) is 0 Å². The molecule has 3 N–H and O–H groups in total. The molecule has 1 atom stereocenters. The van der Waals surface area contributed by atoms with Crippen molar-refractivity contribution in [2.75, 3.05) is 38.0 Å². The van der Waals surface area contributed by atoms with Gasteiger partial charge in [-0.1, -0.05) is 48.0 Å². The highest BCUT2D eigenvalue weighted by Gasteiger charge is 2.26. The van der Waals surface area contributed by atoms with Gasteiger partial charge in [0.15, 0.2) is 0 Å². The lowest BCUT2D eigenvalue weighted by atomic mass is 10.0. The largest absolute Gasteiger partial charge is 0.338 e. The molecule has 0 aromatic heterocycles. The van der Waals surface area contributed by atoms with E-state index in [0.29, 0.717) is 32.7 Å². The number of para-hydroxylation sites is 1. The van der Waals surface area contributed by atoms with Crippen LogP contribution in [0.4, 0.5) is 5.69 Å². The Morgan fingerprint density at radius 1 is 0.966 bits per heavy atom. The number of nitrogens with two attached hydrogens (primary N) is 1. The molecule has 6 nitrogen and oxygen atoms in total. The lowest BCUT2D eigenvalue weighted by Crippen LogP contribution is -2.52. The van der Waals surface area contributed by atoms with Gasteiger partial charge in [-0.2, -0.15) is 0 Å². The number of hydrogen-bond donors (Lipinski definition) is 2. The molecule has 0 radical (unpaired) electrons. The average molecular weight is 439 g/mol. The Morgan fingerprint density at radius 3 is 2.14 bits per heavy atom. The van der Waals surface area contributed by atoms with Crippen molar-refractivity contribution in [1.82, 2.24) is 9.80 Å². The zero-order chi connectivity index (χ0) is 19.2. The first kappa shape index (κ1) is 24.9. The Kier molecular flexibility index (Phi) is 10.1. The summed E-state index contributed by atoms with van der Waals surface area (Å²) in [5.41, 5.74) is 8.91. The van der Waals surface area contributed by atoms with Crippen LogP contribution in [0.3, 0.4) is 0 Å². The number of benzene rings is 2. The number of rotatable bonds is 5. The van der Waals surface area contributed by atoms with Crippen molar-refractivity contribution in [3.63, 3.8) is 0 Å². The van der Waals surface area contributed by atoms with Crippen molar-refractivity contribution in [1.29, 1.82) is 0 Å². The summed E-state index contributed by atoms with van der Waals surface area (Å²) >= 11 is 0. The minimum atomic E-state index is -0.640. The minimum Gasteiger partial charge on any atom is -0.338 e. The van der Waals surface area contributed by atoms with Crippen LogP contribution in [-0.4, -0.2) is 54.3 Å². The third-order valence-corrected chi connectivity index (χ3v) is 4.81. The van der Waals surface area contributed by atoms with Gasteiger partial charge >= 0.3 is 0 Å². The molecule has 1 aliphatic rings. The van der Waals surface area contributed by atoms with E-state index in [-0.39, 0.29) is 36.6 Å². The van der Waals surface area contributed by atoms with E-state index < -0.39 is 6.04 Å². The second-order valence-electron chi connectivity index (χ2n) is 6.90. The molecule has 1 heterocycles. The zero-order valence-electron chi connectivity index (χ0n) is 16.4. The van der Waals surface area contributed by atoms with Gasteiger partial charge in [0, 0.05) is 31.9 Å². The topological polar surface area (TPSA) is 78.7 Å². The smallest absolute Gasteiger partial charge is 0.244 e. The van der Waals surface area contributed by atoms with Gasteiger partial charge in [0.25, 0.3) is 0 Å². The van der Waals surface area contributed by atoms with Gasteiger partial charge in [0.05, 0.1) is 6.54 Å². The lowest BCUT2D eigenvalue weighted by molar-refractivity contribution is -0.134. The normalized spacial score (nSPS) is 14.9. The van der Waals surface area contributed by atoms with E-state index >= 15 is 0 Å². The maximum Gasteiger partial charge on any atom is 0.244 e. The fraction of sp³-hybridized carbons (Fsp3) is 0.333. The second kappa shape index (κ2) is 11.8. The summed E-state index contributed by atoms with van der Waals surface area (Å²) in [5.74, 6) is -0.107. The fourth-order valence-corrected chi connectivity index (χ4v) is 3.16. The Bertz CT molecular complexity index is 779. The molecule has 3 rings (SSSR count). The maximum absolute atomic E-state index is 12.7. The first-order chi connectivity index (χ1) is 13.0. The number of hydrogen-bond acceptors (Lipinski definition) is 4. The summed E-state index contributed by atoms with van der Waals surface area (Å²) in [4.78, 5) is 28.7. The third kappa shape index (κ3) is 7.01. The van der Waals surface area contributed by atoms with Crippen LogP contribution in [0.1, 0.15) is 17.2 Å². The second-order valence-corrected chi connectivity index (χ2v) is 6.90. The highest BCUT2D eigenvalue weighted by molar-refractivity contribution is 5.92. The van der Waals surface area contributed by atoms with E-state index in [4.69, 9.17) is 5.73 Å². The molecule has 1 fully saturated rings. The molecule has 158 valence electrons. The molecule has 0 aliphatic carbocycles. The predicted molar refractivity (Wildman–Crippen MR) is 121 cm³/mol. The predicted octanol–water partition coefficient (Wildman–Crippen LogP) is 2.62. The number of aryl methyl sites for hydroxylation is 1. The van der Waals surface area contributed by atoms with E-state index in [0.717, 1.165) is 16.8 Å². The van der Waals surface area contributed by atoms with E-state index in [1.807, 2.05) is 61.5 Å². The Balaban J connectivity index is 0.00000210. The van der Waals surface area contributed by atoms with Gasteiger partial charge in [0.2, 0.25) is 11.8 Å². The van der Waals surface area contributed by atoms with Crippen molar-refractivity contribution in [2.24, 2.45) is 5.73 Å². The van der Waals surface area contributed by atoms with E-state index in [9.17, 15) is 9.59 Å². The van der Waals surface area contributed by atoms with E-state index in [2.05, 4.69) is 10.2 Å². The van der Waals surface area contributed by atoms with Gasteiger partial charge in [-0.05, 0) is 24.6 Å². The summed E-state index contributed by atoms with van der Waals surface area (Å²) < 4.78 is 0. The summed E-state index contributed by atoms with van der Waals surface area (Å²) in [6, 6.07) is 16.5. The van der Waals surface area contributed by atoms with Crippen LogP contribution in [-0.2, 0) is 9.59 Å². The van der Waals surface area contributed by atoms with E-state index in [1.54, 1.807) is 4.90 Å². The minimum absolute atomic E-state index is 0. The lowest BCUT2D eigenvalue weighted by Gasteiger charge is -2.35. The molecule has 2 aromatic rings. The van der Waals surface area contributed by atoms with Gasteiger partial charge < -0.3 is 16.0 Å². The van der Waals surface area contributed by atoms with Crippen molar-refractivity contribution in [3.05, 3.63) is 65.7 Å². The molecule has 1 saturated heterocycles. The summed E-state index contributed by atoms with van der Waals surface area (Å²) in [5, 5.41) is 2.89. The SMILES string of the molecule is Cc1ccc(C(N)C(=O)N2CCN(CC(=O)Nc3ccccc3)CC2)cc1.Cl.Cl. The number of nitrogens with zero attached hydrogens (tertiary/aromatic N) is 2. The fourth-order valence-electron chi connectivity index (χ4n) is 3.16. The summed E-state index contributed by atoms with van der Waals surface area (Å²) in [6.45, 7) is 4.81. The maximum atomic E-state index is 12.7. The molecule has 2 amide bonds. The highest BCUT2D eigenvalue weighted by atomic mass is 35.5. The molecule has 0 saturated carbocycles. The highest BCUT2D eigenvalue weighted by Crippen LogP contribution is 2.16. The molecule has 29 heavy (non-hydrogen) atoms. The first-order valence-electron chi connectivity index (χ1n) is 9.21. The standard InChI is InChI=1S/C21H26N4O2.2ClH/c1-16-7-9-17(10-8-16)20(22)21(27)25-13-11-24(12-14-25)15-19(26)23-18-5-3-2-4-6-18;;/h2-10,20H,11-15,22H2,1H3,(H,23,26);2*1H. The van der Waals surface area contributed by atoms with Gasteiger partial charge in [-0.15, -0.1) is 24.8 Å². The number of carbonyl (C=O) groups excluding carboxylic acids is 2. The van der Waals surface area contributed by atoms with Crippen LogP contribution in [0.5, 0.6) is 0 Å². The quantitative estimate of drug-likeness (QED) is 0.751. The van der Waals surface area contributed by atoms with Crippen molar-refractivity contribution >= 4 is 42.3 Å². The summed E-state index contributed by atoms with van der Waals surface area (Å²) in [7, 11) is 0. The van der Waals surface area contributed by atoms with Crippen LogP contribution < -0.4 is 11.1 Å². The Labute approximate surface area is 184 Å². The molecule has 8 heteroatoms. The monoisotopic (exact) mass is 438 g/mol. The van der Waals surface area contributed by atoms with Gasteiger partial charge in [0.1, 0.15) is 6.04 Å². The number of halogens is 2. The number of amides is 2. The first-order valence-corrected chi connectivity index (χ1v) is 9.21. The van der Waals surface area contributed by atoms with Crippen LogP contribution in [0.15, 0.2) is 54.6 Å². The molecular weight excluding hydrogens is 411 g/mol. The van der Waals surface area contributed by atoms with Crippen LogP contribution in [0.2, 0.25) is 0 Å². The number of carbonyl (C=O) groups is 2. The molecule has 1 aliphatic heterocycles. The van der Waals surface area contributed by atoms with Crippen molar-refractivity contribution < 1.29 is 9.59 Å². The molecule has 0 spiro atoms. The Morgan fingerprint density at radius 2 is 1.55 bits per heavy atom. The van der Waals surface area contributed by atoms with Crippen LogP contribution >= 0.6 is 24.8 Å². The third-order valence-electron chi connectivity index (χ3n) is 4.81. The Hall–Kier alpha value is -2.12. The molecule has 1 unspecified atom stereocenters. The van der Waals surface area contributed by atoms with Gasteiger partial charge in [-0.25, -0.2) is 0 Å².